The van der Waals surface area contributed by atoms with Gasteiger partial charge in [0.15, 0.2) is 0 Å². The molecule has 1 amide bonds. The van der Waals surface area contributed by atoms with Crippen LogP contribution < -0.4 is 5.32 Å². The Kier molecular flexibility index (Phi) is 3.98. The van der Waals surface area contributed by atoms with E-state index in [-0.39, 0.29) is 12.0 Å². The van der Waals surface area contributed by atoms with E-state index in [0.29, 0.717) is 10.0 Å². The zero-order valence-electron chi connectivity index (χ0n) is 11.2. The van der Waals surface area contributed by atoms with E-state index >= 15 is 0 Å². The van der Waals surface area contributed by atoms with Crippen LogP contribution in [0.1, 0.15) is 38.7 Å². The predicted octanol–water partition coefficient (Wildman–Crippen LogP) is 4.37. The van der Waals surface area contributed by atoms with E-state index in [1.54, 1.807) is 6.07 Å². The van der Waals surface area contributed by atoms with Crippen LogP contribution >= 0.6 is 23.2 Å². The van der Waals surface area contributed by atoms with Gasteiger partial charge in [0.1, 0.15) is 5.60 Å². The summed E-state index contributed by atoms with van der Waals surface area (Å²) in [4.78, 5) is 11.6. The van der Waals surface area contributed by atoms with Crippen molar-refractivity contribution in [3.63, 3.8) is 0 Å². The molecule has 1 N–H and O–H groups in total. The van der Waals surface area contributed by atoms with E-state index in [1.807, 2.05) is 32.9 Å². The lowest BCUT2D eigenvalue weighted by atomic mass is 10.1. The molecule has 0 heterocycles. The van der Waals surface area contributed by atoms with Crippen LogP contribution in [0.25, 0.3) is 0 Å². The number of carbonyl (C=O) groups is 1. The second-order valence-electron chi connectivity index (χ2n) is 5.74. The number of hydrogen-bond donors (Lipinski definition) is 1. The molecule has 1 saturated carbocycles. The lowest BCUT2D eigenvalue weighted by Crippen LogP contribution is -2.34. The largest absolute Gasteiger partial charge is 0.444 e. The Morgan fingerprint density at radius 3 is 2.68 bits per heavy atom. The average Bonchev–Trinajstić information content (AvgIpc) is 2.98. The van der Waals surface area contributed by atoms with Crippen LogP contribution in [0.5, 0.6) is 0 Å². The Hall–Kier alpha value is -0.930. The van der Waals surface area contributed by atoms with Crippen molar-refractivity contribution in [2.24, 2.45) is 0 Å². The molecule has 2 atom stereocenters. The third-order valence-corrected chi connectivity index (χ3v) is 3.71. The van der Waals surface area contributed by atoms with Crippen LogP contribution in [-0.2, 0) is 4.74 Å². The fourth-order valence-corrected chi connectivity index (χ4v) is 2.41. The maximum absolute atomic E-state index is 11.6. The normalized spacial score (nSPS) is 21.9. The van der Waals surface area contributed by atoms with E-state index < -0.39 is 11.7 Å². The minimum atomic E-state index is -0.484. The number of ether oxygens (including phenoxy) is 1. The molecule has 1 aliphatic rings. The second-order valence-corrected chi connectivity index (χ2v) is 6.52. The number of halogens is 2. The van der Waals surface area contributed by atoms with E-state index in [1.165, 1.54) is 0 Å². The van der Waals surface area contributed by atoms with Crippen LogP contribution in [-0.4, -0.2) is 17.7 Å². The molecule has 1 fully saturated rings. The molecule has 1 aromatic carbocycles. The van der Waals surface area contributed by atoms with Crippen LogP contribution in [0.2, 0.25) is 10.0 Å². The molecule has 19 heavy (non-hydrogen) atoms. The molecule has 0 saturated heterocycles. The molecule has 0 radical (unpaired) electrons. The van der Waals surface area contributed by atoms with Gasteiger partial charge in [-0.15, -0.1) is 0 Å². The number of carbonyl (C=O) groups excluding carboxylic acids is 1. The summed E-state index contributed by atoms with van der Waals surface area (Å²) in [7, 11) is 0. The highest BCUT2D eigenvalue weighted by molar-refractivity contribution is 6.42. The third-order valence-electron chi connectivity index (χ3n) is 2.87. The number of amides is 1. The summed E-state index contributed by atoms with van der Waals surface area (Å²) < 4.78 is 5.22. The third kappa shape index (κ3) is 3.77. The second kappa shape index (κ2) is 5.22. The molecule has 1 aliphatic carbocycles. The van der Waals surface area contributed by atoms with Crippen LogP contribution in [0.4, 0.5) is 4.79 Å². The van der Waals surface area contributed by atoms with Crippen molar-refractivity contribution in [1.82, 2.24) is 5.32 Å². The molecular formula is C14H17Cl2NO2. The highest BCUT2D eigenvalue weighted by Crippen LogP contribution is 2.45. The summed E-state index contributed by atoms with van der Waals surface area (Å²) in [6.45, 7) is 5.51. The molecular weight excluding hydrogens is 285 g/mol. The maximum atomic E-state index is 11.6. The van der Waals surface area contributed by atoms with Crippen molar-refractivity contribution in [2.45, 2.75) is 44.8 Å². The molecule has 0 aromatic heterocycles. The topological polar surface area (TPSA) is 38.3 Å². The monoisotopic (exact) mass is 301 g/mol. The zero-order valence-corrected chi connectivity index (χ0v) is 12.7. The van der Waals surface area contributed by atoms with Crippen LogP contribution in [0.15, 0.2) is 18.2 Å². The summed E-state index contributed by atoms with van der Waals surface area (Å²) in [5.41, 5.74) is 0.498. The SMILES string of the molecule is CC(C)(C)OC(=O)NC1CC1c1cccc(Cl)c1Cl. The van der Waals surface area contributed by atoms with Crippen LogP contribution in [0.3, 0.4) is 0 Å². The number of benzene rings is 1. The van der Waals surface area contributed by atoms with Gasteiger partial charge in [-0.2, -0.15) is 0 Å². The predicted molar refractivity (Wildman–Crippen MR) is 77.0 cm³/mol. The van der Waals surface area contributed by atoms with E-state index in [9.17, 15) is 4.79 Å². The summed E-state index contributed by atoms with van der Waals surface area (Å²) in [5.74, 6) is 0.221. The minimum absolute atomic E-state index is 0.0748. The molecule has 104 valence electrons. The van der Waals surface area contributed by atoms with Crippen molar-refractivity contribution in [3.05, 3.63) is 33.8 Å². The standard InChI is InChI=1S/C14H17Cl2NO2/c1-14(2,3)19-13(18)17-11-7-9(11)8-5-4-6-10(15)12(8)16/h4-6,9,11H,7H2,1-3H3,(H,17,18). The first-order chi connectivity index (χ1) is 8.78. The van der Waals surface area contributed by atoms with E-state index in [4.69, 9.17) is 27.9 Å². The molecule has 5 heteroatoms. The molecule has 3 nitrogen and oxygen atoms in total. The lowest BCUT2D eigenvalue weighted by molar-refractivity contribution is 0.0523. The molecule has 0 bridgehead atoms. The van der Waals surface area contributed by atoms with Gasteiger partial charge < -0.3 is 10.1 Å². The van der Waals surface area contributed by atoms with Gasteiger partial charge in [-0.25, -0.2) is 4.79 Å². The Bertz CT molecular complexity index is 497. The highest BCUT2D eigenvalue weighted by Gasteiger charge is 2.41. The fraction of sp³-hybridized carbons (Fsp3) is 0.500. The van der Waals surface area contributed by atoms with Gasteiger partial charge in [0, 0.05) is 12.0 Å². The zero-order chi connectivity index (χ0) is 14.2. The van der Waals surface area contributed by atoms with Crippen molar-refractivity contribution in [1.29, 1.82) is 0 Å². The first-order valence-corrected chi connectivity index (χ1v) is 6.97. The number of rotatable bonds is 2. The maximum Gasteiger partial charge on any atom is 0.407 e. The van der Waals surface area contributed by atoms with Gasteiger partial charge in [-0.05, 0) is 38.8 Å². The fourth-order valence-electron chi connectivity index (χ4n) is 1.96. The first kappa shape index (κ1) is 14.5. The summed E-state index contributed by atoms with van der Waals surface area (Å²) in [6, 6.07) is 5.64. The van der Waals surface area contributed by atoms with Gasteiger partial charge in [0.25, 0.3) is 0 Å². The molecule has 2 unspecified atom stereocenters. The molecule has 0 spiro atoms. The molecule has 1 aromatic rings. The van der Waals surface area contributed by atoms with Crippen molar-refractivity contribution < 1.29 is 9.53 Å². The number of alkyl carbamates (subject to hydrolysis) is 1. The average molecular weight is 302 g/mol. The molecule has 0 aliphatic heterocycles. The van der Waals surface area contributed by atoms with Gasteiger partial charge in [0.2, 0.25) is 0 Å². The van der Waals surface area contributed by atoms with Gasteiger partial charge in [-0.3, -0.25) is 0 Å². The lowest BCUT2D eigenvalue weighted by Gasteiger charge is -2.19. The Labute approximate surface area is 123 Å². The minimum Gasteiger partial charge on any atom is -0.444 e. The van der Waals surface area contributed by atoms with Gasteiger partial charge in [-0.1, -0.05) is 35.3 Å². The van der Waals surface area contributed by atoms with Crippen molar-refractivity contribution in [3.8, 4) is 0 Å². The Morgan fingerprint density at radius 1 is 1.37 bits per heavy atom. The molecule has 2 rings (SSSR count). The Morgan fingerprint density at radius 2 is 2.05 bits per heavy atom. The van der Waals surface area contributed by atoms with Gasteiger partial charge in [0.05, 0.1) is 10.0 Å². The van der Waals surface area contributed by atoms with E-state index in [0.717, 1.165) is 12.0 Å². The number of nitrogens with one attached hydrogen (secondary N) is 1. The summed E-state index contributed by atoms with van der Waals surface area (Å²) in [6.07, 6.45) is 0.470. The van der Waals surface area contributed by atoms with E-state index in [2.05, 4.69) is 5.32 Å². The number of hydrogen-bond acceptors (Lipinski definition) is 2. The quantitative estimate of drug-likeness (QED) is 0.880. The van der Waals surface area contributed by atoms with Gasteiger partial charge >= 0.3 is 6.09 Å². The smallest absolute Gasteiger partial charge is 0.407 e. The summed E-state index contributed by atoms with van der Waals surface area (Å²) in [5, 5.41) is 3.96. The highest BCUT2D eigenvalue weighted by atomic mass is 35.5. The van der Waals surface area contributed by atoms with Crippen LogP contribution in [0, 0.1) is 0 Å². The first-order valence-electron chi connectivity index (χ1n) is 6.21. The Balaban J connectivity index is 1.95. The van der Waals surface area contributed by atoms with Crippen molar-refractivity contribution in [2.75, 3.05) is 0 Å². The van der Waals surface area contributed by atoms with Crippen molar-refractivity contribution >= 4 is 29.3 Å². The summed E-state index contributed by atoms with van der Waals surface area (Å²) >= 11 is 12.1.